The van der Waals surface area contributed by atoms with E-state index in [1.54, 1.807) is 0 Å². The summed E-state index contributed by atoms with van der Waals surface area (Å²) < 4.78 is 0. The van der Waals surface area contributed by atoms with Crippen LogP contribution in [0, 0.1) is 0 Å². The maximum absolute atomic E-state index is 4.74. The van der Waals surface area contributed by atoms with Crippen LogP contribution in [0.25, 0.3) is 12.2 Å². The molecule has 0 radical (unpaired) electrons. The zero-order valence-corrected chi connectivity index (χ0v) is 17.4. The van der Waals surface area contributed by atoms with Crippen LogP contribution in [0.4, 0.5) is 5.69 Å². The number of anilines is 1. The second kappa shape index (κ2) is 11.2. The number of hydrogen-bond acceptors (Lipinski definition) is 2. The molecule has 1 heterocycles. The summed E-state index contributed by atoms with van der Waals surface area (Å²) in [5.41, 5.74) is 4.65. The molecule has 2 nitrogen and oxygen atoms in total. The van der Waals surface area contributed by atoms with E-state index in [9.17, 15) is 0 Å². The summed E-state index contributed by atoms with van der Waals surface area (Å²) in [5, 5.41) is 0. The zero-order valence-electron chi connectivity index (χ0n) is 15.0. The van der Waals surface area contributed by atoms with Crippen molar-refractivity contribution in [2.75, 3.05) is 19.0 Å². The van der Waals surface area contributed by atoms with Crippen LogP contribution in [0.5, 0.6) is 0 Å². The molecular weight excluding hydrogens is 407 g/mol. The quantitative estimate of drug-likeness (QED) is 0.370. The molecule has 0 spiro atoms. The van der Waals surface area contributed by atoms with Gasteiger partial charge in [-0.25, -0.2) is 0 Å². The second-order valence-electron chi connectivity index (χ2n) is 6.18. The molecule has 0 aliphatic heterocycles. The Balaban J connectivity index is 0.00000288. The molecule has 0 bridgehead atoms. The normalized spacial score (nSPS) is 10.6. The lowest BCUT2D eigenvalue weighted by Gasteiger charge is -2.11. The summed E-state index contributed by atoms with van der Waals surface area (Å²) in [7, 11) is 4.11. The number of hydrogen-bond donors (Lipinski definition) is 0. The molecule has 3 heteroatoms. The first-order valence-corrected chi connectivity index (χ1v) is 8.60. The van der Waals surface area contributed by atoms with E-state index in [-0.39, 0.29) is 24.0 Å². The van der Waals surface area contributed by atoms with E-state index in [2.05, 4.69) is 80.5 Å². The molecule has 0 N–H and O–H groups in total. The minimum Gasteiger partial charge on any atom is -0.378 e. The predicted molar refractivity (Wildman–Crippen MR) is 117 cm³/mol. The van der Waals surface area contributed by atoms with Gasteiger partial charge in [0.1, 0.15) is 0 Å². The van der Waals surface area contributed by atoms with Gasteiger partial charge in [0.05, 0.1) is 5.69 Å². The van der Waals surface area contributed by atoms with Crippen molar-refractivity contribution >= 4 is 41.8 Å². The first-order valence-electron chi connectivity index (χ1n) is 8.60. The Hall–Kier alpha value is -1.36. The standard InChI is InChI=1S/C21H28N2.HI/c1-4-5-6-7-9-19-10-8-11-20(22-19)15-12-18-13-16-21(17-14-18)23(2)3;/h8,10-17H,4-7,9H2,1-3H3;1H/b15-12+;. The monoisotopic (exact) mass is 436 g/mol. The van der Waals surface area contributed by atoms with Crippen LogP contribution in [0.1, 0.15) is 49.6 Å². The highest BCUT2D eigenvalue weighted by atomic mass is 127. The Labute approximate surface area is 164 Å². The Morgan fingerprint density at radius 2 is 1.67 bits per heavy atom. The molecule has 0 atom stereocenters. The lowest BCUT2D eigenvalue weighted by molar-refractivity contribution is 0.660. The Morgan fingerprint density at radius 3 is 2.33 bits per heavy atom. The maximum Gasteiger partial charge on any atom is 0.0633 e. The van der Waals surface area contributed by atoms with Gasteiger partial charge in [0.2, 0.25) is 0 Å². The third kappa shape index (κ3) is 7.04. The van der Waals surface area contributed by atoms with E-state index in [1.165, 1.54) is 42.6 Å². The van der Waals surface area contributed by atoms with Gasteiger partial charge in [-0.05, 0) is 48.7 Å². The van der Waals surface area contributed by atoms with Gasteiger partial charge in [0, 0.05) is 25.5 Å². The van der Waals surface area contributed by atoms with Gasteiger partial charge in [-0.1, -0.05) is 50.5 Å². The molecule has 2 rings (SSSR count). The van der Waals surface area contributed by atoms with Crippen molar-refractivity contribution in [2.45, 2.75) is 39.0 Å². The molecular formula is C21H29IN2. The minimum atomic E-state index is 0. The van der Waals surface area contributed by atoms with E-state index in [0.29, 0.717) is 0 Å². The lowest BCUT2D eigenvalue weighted by atomic mass is 10.1. The van der Waals surface area contributed by atoms with Crippen molar-refractivity contribution in [3.8, 4) is 0 Å². The van der Waals surface area contributed by atoms with Crippen molar-refractivity contribution in [2.24, 2.45) is 0 Å². The SMILES string of the molecule is CCCCCCc1cccc(/C=C/c2ccc(N(C)C)cc2)n1.I. The number of rotatable bonds is 8. The van der Waals surface area contributed by atoms with Crippen LogP contribution in [0.15, 0.2) is 42.5 Å². The first-order chi connectivity index (χ1) is 11.2. The summed E-state index contributed by atoms with van der Waals surface area (Å²) >= 11 is 0. The number of halogens is 1. The largest absolute Gasteiger partial charge is 0.378 e. The van der Waals surface area contributed by atoms with E-state index < -0.39 is 0 Å². The second-order valence-corrected chi connectivity index (χ2v) is 6.18. The van der Waals surface area contributed by atoms with Crippen LogP contribution in [-0.2, 0) is 6.42 Å². The summed E-state index contributed by atoms with van der Waals surface area (Å²) in [6.07, 6.45) is 10.4. The van der Waals surface area contributed by atoms with Crippen LogP contribution in [-0.4, -0.2) is 19.1 Å². The average Bonchev–Trinajstić information content (AvgIpc) is 2.58. The maximum atomic E-state index is 4.74. The van der Waals surface area contributed by atoms with Gasteiger partial charge in [0.15, 0.2) is 0 Å². The third-order valence-corrected chi connectivity index (χ3v) is 3.97. The molecule has 0 unspecified atom stereocenters. The number of unbranched alkanes of at least 4 members (excludes halogenated alkanes) is 3. The first kappa shape index (κ1) is 20.7. The zero-order chi connectivity index (χ0) is 16.5. The smallest absolute Gasteiger partial charge is 0.0633 e. The van der Waals surface area contributed by atoms with Crippen molar-refractivity contribution in [3.63, 3.8) is 0 Å². The van der Waals surface area contributed by atoms with E-state index in [1.807, 2.05) is 0 Å². The molecule has 24 heavy (non-hydrogen) atoms. The van der Waals surface area contributed by atoms with Crippen molar-refractivity contribution < 1.29 is 0 Å². The summed E-state index contributed by atoms with van der Waals surface area (Å²) in [6.45, 7) is 2.24. The van der Waals surface area contributed by atoms with Crippen molar-refractivity contribution in [1.29, 1.82) is 0 Å². The average molecular weight is 436 g/mol. The number of pyridine rings is 1. The molecule has 130 valence electrons. The number of nitrogens with zero attached hydrogens (tertiary/aromatic N) is 2. The highest BCUT2D eigenvalue weighted by molar-refractivity contribution is 14.0. The van der Waals surface area contributed by atoms with E-state index in [4.69, 9.17) is 4.98 Å². The van der Waals surface area contributed by atoms with Crippen LogP contribution < -0.4 is 4.90 Å². The highest BCUT2D eigenvalue weighted by Crippen LogP contribution is 2.14. The molecule has 0 saturated carbocycles. The minimum absolute atomic E-state index is 0. The number of aromatic nitrogens is 1. The summed E-state index contributed by atoms with van der Waals surface area (Å²) in [6, 6.07) is 14.9. The van der Waals surface area contributed by atoms with E-state index >= 15 is 0 Å². The van der Waals surface area contributed by atoms with Crippen LogP contribution >= 0.6 is 24.0 Å². The Bertz CT molecular complexity index is 618. The van der Waals surface area contributed by atoms with Gasteiger partial charge in [-0.3, -0.25) is 4.98 Å². The third-order valence-electron chi connectivity index (χ3n) is 3.97. The molecule has 2 aromatic rings. The van der Waals surface area contributed by atoms with Crippen molar-refractivity contribution in [1.82, 2.24) is 4.98 Å². The molecule has 0 saturated heterocycles. The Kier molecular flexibility index (Phi) is 9.69. The van der Waals surface area contributed by atoms with Gasteiger partial charge in [-0.2, -0.15) is 0 Å². The molecule has 0 aliphatic rings. The van der Waals surface area contributed by atoms with Gasteiger partial charge in [0.25, 0.3) is 0 Å². The lowest BCUT2D eigenvalue weighted by Crippen LogP contribution is -2.07. The fraction of sp³-hybridized carbons (Fsp3) is 0.381. The van der Waals surface area contributed by atoms with Crippen molar-refractivity contribution in [3.05, 3.63) is 59.4 Å². The molecule has 1 aromatic heterocycles. The van der Waals surface area contributed by atoms with E-state index in [0.717, 1.165) is 12.1 Å². The highest BCUT2D eigenvalue weighted by Gasteiger charge is 1.97. The Morgan fingerprint density at radius 1 is 0.917 bits per heavy atom. The van der Waals surface area contributed by atoms with Gasteiger partial charge >= 0.3 is 0 Å². The van der Waals surface area contributed by atoms with Gasteiger partial charge < -0.3 is 4.90 Å². The molecule has 0 amide bonds. The summed E-state index contributed by atoms with van der Waals surface area (Å²) in [5.74, 6) is 0. The van der Waals surface area contributed by atoms with Crippen LogP contribution in [0.3, 0.4) is 0 Å². The summed E-state index contributed by atoms with van der Waals surface area (Å²) in [4.78, 5) is 6.84. The molecule has 0 aliphatic carbocycles. The fourth-order valence-corrected chi connectivity index (χ4v) is 2.53. The molecule has 0 fully saturated rings. The predicted octanol–water partition coefficient (Wildman–Crippen LogP) is 6.06. The van der Waals surface area contributed by atoms with Gasteiger partial charge in [-0.15, -0.1) is 24.0 Å². The van der Waals surface area contributed by atoms with Crippen LogP contribution in [0.2, 0.25) is 0 Å². The molecule has 1 aromatic carbocycles. The fourth-order valence-electron chi connectivity index (χ4n) is 2.53. The number of aryl methyl sites for hydroxylation is 1. The topological polar surface area (TPSA) is 16.1 Å². The number of benzene rings is 1.